The van der Waals surface area contributed by atoms with E-state index in [0.29, 0.717) is 18.9 Å². The third-order valence-electron chi connectivity index (χ3n) is 4.18. The predicted molar refractivity (Wildman–Crippen MR) is 71.5 cm³/mol. The summed E-state index contributed by atoms with van der Waals surface area (Å²) in [4.78, 5) is 24.8. The molecule has 2 aliphatic rings. The minimum absolute atomic E-state index is 0.269. The van der Waals surface area contributed by atoms with Crippen molar-refractivity contribution in [2.24, 2.45) is 0 Å². The van der Waals surface area contributed by atoms with Gasteiger partial charge < -0.3 is 4.90 Å². The van der Waals surface area contributed by atoms with Gasteiger partial charge in [0.2, 0.25) is 5.91 Å². The lowest BCUT2D eigenvalue weighted by Crippen LogP contribution is -2.52. The molecule has 1 aromatic heterocycles. The Labute approximate surface area is 113 Å². The second-order valence-electron chi connectivity index (χ2n) is 5.37. The van der Waals surface area contributed by atoms with E-state index in [1.807, 2.05) is 11.0 Å². The molecular formula is C14H20N4O. The van der Waals surface area contributed by atoms with Crippen molar-refractivity contribution in [3.8, 4) is 0 Å². The van der Waals surface area contributed by atoms with E-state index in [1.165, 1.54) is 25.7 Å². The van der Waals surface area contributed by atoms with Gasteiger partial charge in [0.05, 0.1) is 0 Å². The Morgan fingerprint density at radius 2 is 2.32 bits per heavy atom. The fraction of sp³-hybridized carbons (Fsp3) is 0.643. The van der Waals surface area contributed by atoms with Crippen molar-refractivity contribution in [2.75, 3.05) is 26.2 Å². The summed E-state index contributed by atoms with van der Waals surface area (Å²) in [6, 6.07) is 2.49. The summed E-state index contributed by atoms with van der Waals surface area (Å²) in [5.41, 5.74) is 0.947. The number of aromatic nitrogens is 2. The molecule has 2 fully saturated rings. The highest BCUT2D eigenvalue weighted by Crippen LogP contribution is 2.21. The lowest BCUT2D eigenvalue weighted by molar-refractivity contribution is -0.133. The number of carbonyl (C=O) groups excluding carboxylic acids is 1. The summed E-state index contributed by atoms with van der Waals surface area (Å²) in [7, 11) is 0. The van der Waals surface area contributed by atoms with Crippen molar-refractivity contribution >= 4 is 5.91 Å². The number of aryl methyl sites for hydroxylation is 1. The zero-order chi connectivity index (χ0) is 13.1. The highest BCUT2D eigenvalue weighted by molar-refractivity contribution is 5.76. The van der Waals surface area contributed by atoms with Gasteiger partial charge in [0.1, 0.15) is 6.33 Å². The zero-order valence-corrected chi connectivity index (χ0v) is 11.2. The topological polar surface area (TPSA) is 49.3 Å². The number of carbonyl (C=O) groups is 1. The molecule has 102 valence electrons. The summed E-state index contributed by atoms with van der Waals surface area (Å²) in [6.07, 6.45) is 7.07. The lowest BCUT2D eigenvalue weighted by atomic mass is 10.1. The van der Waals surface area contributed by atoms with Crippen LogP contribution in [0, 0.1) is 0 Å². The first-order valence-electron chi connectivity index (χ1n) is 7.09. The first-order chi connectivity index (χ1) is 9.33. The average Bonchev–Trinajstić information content (AvgIpc) is 2.93. The Kier molecular flexibility index (Phi) is 3.73. The van der Waals surface area contributed by atoms with Gasteiger partial charge in [-0.05, 0) is 31.9 Å². The van der Waals surface area contributed by atoms with Gasteiger partial charge in [0.15, 0.2) is 0 Å². The molecular weight excluding hydrogens is 240 g/mol. The van der Waals surface area contributed by atoms with E-state index in [2.05, 4.69) is 14.9 Å². The molecule has 19 heavy (non-hydrogen) atoms. The Bertz CT molecular complexity index is 436. The molecule has 2 saturated heterocycles. The molecule has 1 atom stereocenters. The van der Waals surface area contributed by atoms with E-state index in [0.717, 1.165) is 25.3 Å². The molecule has 3 heterocycles. The van der Waals surface area contributed by atoms with Crippen molar-refractivity contribution in [3.05, 3.63) is 24.3 Å². The van der Waals surface area contributed by atoms with Gasteiger partial charge >= 0.3 is 0 Å². The molecule has 0 N–H and O–H groups in total. The van der Waals surface area contributed by atoms with Crippen LogP contribution in [0.15, 0.2) is 18.6 Å². The second kappa shape index (κ2) is 5.65. The van der Waals surface area contributed by atoms with E-state index < -0.39 is 0 Å². The number of amides is 1. The third-order valence-corrected chi connectivity index (χ3v) is 4.18. The highest BCUT2D eigenvalue weighted by Gasteiger charge is 2.32. The molecule has 0 saturated carbocycles. The van der Waals surface area contributed by atoms with E-state index in [4.69, 9.17) is 0 Å². The number of hydrogen-bond acceptors (Lipinski definition) is 4. The molecule has 1 aromatic rings. The van der Waals surface area contributed by atoms with Gasteiger partial charge in [-0.15, -0.1) is 0 Å². The van der Waals surface area contributed by atoms with Crippen LogP contribution in [0.2, 0.25) is 0 Å². The minimum Gasteiger partial charge on any atom is -0.340 e. The average molecular weight is 260 g/mol. The summed E-state index contributed by atoms with van der Waals surface area (Å²) in [5.74, 6) is 0.269. The molecule has 1 unspecified atom stereocenters. The maximum Gasteiger partial charge on any atom is 0.223 e. The summed E-state index contributed by atoms with van der Waals surface area (Å²) >= 11 is 0. The summed E-state index contributed by atoms with van der Waals surface area (Å²) in [6.45, 7) is 4.07. The molecule has 0 bridgehead atoms. The molecule has 0 aromatic carbocycles. The van der Waals surface area contributed by atoms with Crippen LogP contribution in [0.5, 0.6) is 0 Å². The van der Waals surface area contributed by atoms with Crippen LogP contribution in [0.25, 0.3) is 0 Å². The lowest BCUT2D eigenvalue weighted by Gasteiger charge is -2.37. The van der Waals surface area contributed by atoms with Crippen molar-refractivity contribution in [1.82, 2.24) is 19.8 Å². The second-order valence-corrected chi connectivity index (χ2v) is 5.37. The van der Waals surface area contributed by atoms with Crippen molar-refractivity contribution in [1.29, 1.82) is 0 Å². The quantitative estimate of drug-likeness (QED) is 0.803. The molecule has 0 radical (unpaired) electrons. The van der Waals surface area contributed by atoms with Crippen molar-refractivity contribution in [2.45, 2.75) is 31.7 Å². The molecule has 2 aliphatic heterocycles. The number of piperazine rings is 1. The van der Waals surface area contributed by atoms with Gasteiger partial charge in [-0.3, -0.25) is 9.69 Å². The maximum atomic E-state index is 12.2. The van der Waals surface area contributed by atoms with Crippen molar-refractivity contribution < 1.29 is 4.79 Å². The molecule has 0 spiro atoms. The molecule has 0 aliphatic carbocycles. The van der Waals surface area contributed by atoms with E-state index >= 15 is 0 Å². The van der Waals surface area contributed by atoms with Crippen LogP contribution in [0.1, 0.15) is 25.0 Å². The first-order valence-corrected chi connectivity index (χ1v) is 7.09. The minimum atomic E-state index is 0.269. The van der Waals surface area contributed by atoms with Gasteiger partial charge in [-0.2, -0.15) is 0 Å². The Hall–Kier alpha value is -1.49. The first kappa shape index (κ1) is 12.5. The van der Waals surface area contributed by atoms with Gasteiger partial charge in [-0.25, -0.2) is 9.97 Å². The Balaban J connectivity index is 1.50. The third kappa shape index (κ3) is 2.92. The smallest absolute Gasteiger partial charge is 0.223 e. The molecule has 3 rings (SSSR count). The summed E-state index contributed by atoms with van der Waals surface area (Å²) in [5, 5.41) is 0. The van der Waals surface area contributed by atoms with Crippen molar-refractivity contribution in [3.63, 3.8) is 0 Å². The van der Waals surface area contributed by atoms with Crippen LogP contribution >= 0.6 is 0 Å². The number of rotatable bonds is 3. The van der Waals surface area contributed by atoms with Crippen LogP contribution < -0.4 is 0 Å². The number of fused-ring (bicyclic) bond motifs is 1. The molecule has 1 amide bonds. The van der Waals surface area contributed by atoms with Gasteiger partial charge in [0, 0.05) is 44.0 Å². The SMILES string of the molecule is O=C(CCc1ccncn1)N1CCN2CCCC2C1. The summed E-state index contributed by atoms with van der Waals surface area (Å²) < 4.78 is 0. The standard InChI is InChI=1S/C14H20N4O/c19-14(4-3-12-5-6-15-11-16-12)18-9-8-17-7-1-2-13(17)10-18/h5-6,11,13H,1-4,7-10H2. The van der Waals surface area contributed by atoms with Crippen LogP contribution in [-0.4, -0.2) is 57.9 Å². The normalized spacial score (nSPS) is 23.4. The van der Waals surface area contributed by atoms with Crippen LogP contribution in [0.3, 0.4) is 0 Å². The predicted octanol–water partition coefficient (Wildman–Crippen LogP) is 0.716. The monoisotopic (exact) mass is 260 g/mol. The Morgan fingerprint density at radius 1 is 1.37 bits per heavy atom. The number of hydrogen-bond donors (Lipinski definition) is 0. The van der Waals surface area contributed by atoms with Crippen LogP contribution in [-0.2, 0) is 11.2 Å². The zero-order valence-electron chi connectivity index (χ0n) is 11.2. The Morgan fingerprint density at radius 3 is 3.16 bits per heavy atom. The fourth-order valence-electron chi connectivity index (χ4n) is 3.08. The number of nitrogens with zero attached hydrogens (tertiary/aromatic N) is 4. The highest BCUT2D eigenvalue weighted by atomic mass is 16.2. The van der Waals surface area contributed by atoms with Crippen LogP contribution in [0.4, 0.5) is 0 Å². The molecule has 5 heteroatoms. The van der Waals surface area contributed by atoms with Gasteiger partial charge in [0.25, 0.3) is 0 Å². The fourth-order valence-corrected chi connectivity index (χ4v) is 3.08. The van der Waals surface area contributed by atoms with E-state index in [-0.39, 0.29) is 5.91 Å². The van der Waals surface area contributed by atoms with E-state index in [1.54, 1.807) is 6.20 Å². The largest absolute Gasteiger partial charge is 0.340 e. The molecule has 5 nitrogen and oxygen atoms in total. The maximum absolute atomic E-state index is 12.2. The van der Waals surface area contributed by atoms with Gasteiger partial charge in [-0.1, -0.05) is 0 Å². The van der Waals surface area contributed by atoms with E-state index in [9.17, 15) is 4.79 Å².